The molecule has 1 aliphatic heterocycles. The van der Waals surface area contributed by atoms with E-state index in [1.54, 1.807) is 0 Å². The average Bonchev–Trinajstić information content (AvgIpc) is 2.31. The average molecular weight is 252 g/mol. The first-order valence-corrected chi connectivity index (χ1v) is 5.88. The molecule has 0 bridgehead atoms. The molecule has 98 valence electrons. The number of halogens is 1. The molecule has 1 aromatic rings. The minimum atomic E-state index is -0.728. The van der Waals surface area contributed by atoms with Crippen LogP contribution in [0, 0.1) is 5.82 Å². The van der Waals surface area contributed by atoms with Crippen molar-refractivity contribution in [3.05, 3.63) is 23.5 Å². The predicted molar refractivity (Wildman–Crippen MR) is 68.8 cm³/mol. The molecule has 1 aromatic carbocycles. The van der Waals surface area contributed by atoms with E-state index in [0.717, 1.165) is 25.5 Å². The maximum absolute atomic E-state index is 14.0. The summed E-state index contributed by atoms with van der Waals surface area (Å²) in [4.78, 5) is 12.9. The Labute approximate surface area is 105 Å². The SMILES string of the molecule is NC(=O)c1cc(F)c(N2CCC[C@H](N)C2)cc1N. The first-order valence-electron chi connectivity index (χ1n) is 5.88. The summed E-state index contributed by atoms with van der Waals surface area (Å²) in [7, 11) is 0. The zero-order chi connectivity index (χ0) is 13.3. The molecule has 5 nitrogen and oxygen atoms in total. The Morgan fingerprint density at radius 1 is 1.44 bits per heavy atom. The van der Waals surface area contributed by atoms with Crippen LogP contribution in [0.1, 0.15) is 23.2 Å². The summed E-state index contributed by atoms with van der Waals surface area (Å²) in [6.45, 7) is 1.33. The summed E-state index contributed by atoms with van der Waals surface area (Å²) in [6, 6.07) is 2.58. The van der Waals surface area contributed by atoms with Gasteiger partial charge in [-0.25, -0.2) is 4.39 Å². The largest absolute Gasteiger partial charge is 0.398 e. The zero-order valence-electron chi connectivity index (χ0n) is 10.0. The second-order valence-corrected chi connectivity index (χ2v) is 4.60. The summed E-state index contributed by atoms with van der Waals surface area (Å²) < 4.78 is 14.0. The van der Waals surface area contributed by atoms with E-state index in [-0.39, 0.29) is 17.3 Å². The van der Waals surface area contributed by atoms with Crippen molar-refractivity contribution in [3.8, 4) is 0 Å². The number of hydrogen-bond acceptors (Lipinski definition) is 4. The number of primary amides is 1. The van der Waals surface area contributed by atoms with E-state index in [0.29, 0.717) is 12.2 Å². The molecule has 18 heavy (non-hydrogen) atoms. The van der Waals surface area contributed by atoms with Gasteiger partial charge in [0, 0.05) is 24.8 Å². The van der Waals surface area contributed by atoms with E-state index in [1.165, 1.54) is 6.07 Å². The van der Waals surface area contributed by atoms with E-state index in [9.17, 15) is 9.18 Å². The number of nitrogen functional groups attached to an aromatic ring is 1. The first-order chi connectivity index (χ1) is 8.49. The van der Waals surface area contributed by atoms with Crippen LogP contribution in [0.3, 0.4) is 0 Å². The maximum Gasteiger partial charge on any atom is 0.250 e. The van der Waals surface area contributed by atoms with Gasteiger partial charge in [-0.3, -0.25) is 4.79 Å². The van der Waals surface area contributed by atoms with Gasteiger partial charge in [0.25, 0.3) is 5.91 Å². The van der Waals surface area contributed by atoms with Crippen LogP contribution in [-0.4, -0.2) is 25.0 Å². The molecular formula is C12H17FN4O. The van der Waals surface area contributed by atoms with Crippen molar-refractivity contribution in [2.45, 2.75) is 18.9 Å². The van der Waals surface area contributed by atoms with Crippen molar-refractivity contribution in [1.82, 2.24) is 0 Å². The van der Waals surface area contributed by atoms with Gasteiger partial charge in [0.15, 0.2) is 0 Å². The third kappa shape index (κ3) is 2.38. The van der Waals surface area contributed by atoms with Gasteiger partial charge in [0.1, 0.15) is 5.82 Å². The van der Waals surface area contributed by atoms with Crippen LogP contribution in [0.5, 0.6) is 0 Å². The fraction of sp³-hybridized carbons (Fsp3) is 0.417. The Hall–Kier alpha value is -1.82. The number of nitrogens with zero attached hydrogens (tertiary/aromatic N) is 1. The van der Waals surface area contributed by atoms with Gasteiger partial charge < -0.3 is 22.1 Å². The minimum absolute atomic E-state index is 0.0116. The van der Waals surface area contributed by atoms with E-state index in [4.69, 9.17) is 17.2 Å². The molecule has 0 aliphatic carbocycles. The molecule has 1 aliphatic rings. The summed E-state index contributed by atoms with van der Waals surface area (Å²) in [5.74, 6) is -1.22. The van der Waals surface area contributed by atoms with Gasteiger partial charge in [0.05, 0.1) is 11.3 Å². The van der Waals surface area contributed by atoms with Crippen LogP contribution in [0.15, 0.2) is 12.1 Å². The predicted octanol–water partition coefficient (Wildman–Crippen LogP) is 0.434. The number of anilines is 2. The van der Waals surface area contributed by atoms with Gasteiger partial charge >= 0.3 is 0 Å². The van der Waals surface area contributed by atoms with Crippen molar-refractivity contribution in [3.63, 3.8) is 0 Å². The smallest absolute Gasteiger partial charge is 0.250 e. The highest BCUT2D eigenvalue weighted by molar-refractivity contribution is 5.98. The highest BCUT2D eigenvalue weighted by Gasteiger charge is 2.21. The standard InChI is InChI=1S/C12H17FN4O/c13-9-4-8(12(16)18)10(15)5-11(9)17-3-1-2-7(14)6-17/h4-5,7H,1-3,6,14-15H2,(H2,16,18)/t7-/m0/s1. The maximum atomic E-state index is 14.0. The Morgan fingerprint density at radius 3 is 2.78 bits per heavy atom. The monoisotopic (exact) mass is 252 g/mol. The zero-order valence-corrected chi connectivity index (χ0v) is 10.0. The van der Waals surface area contributed by atoms with Crippen molar-refractivity contribution in [1.29, 1.82) is 0 Å². The van der Waals surface area contributed by atoms with Gasteiger partial charge in [-0.2, -0.15) is 0 Å². The second kappa shape index (κ2) is 4.81. The Bertz CT molecular complexity index is 477. The number of carbonyl (C=O) groups is 1. The van der Waals surface area contributed by atoms with E-state index in [2.05, 4.69) is 0 Å². The number of rotatable bonds is 2. The number of amides is 1. The molecular weight excluding hydrogens is 235 g/mol. The fourth-order valence-corrected chi connectivity index (χ4v) is 2.26. The van der Waals surface area contributed by atoms with Crippen molar-refractivity contribution < 1.29 is 9.18 Å². The Kier molecular flexibility index (Phi) is 3.38. The van der Waals surface area contributed by atoms with Gasteiger partial charge in [-0.1, -0.05) is 0 Å². The summed E-state index contributed by atoms with van der Waals surface area (Å²) in [5.41, 5.74) is 17.3. The highest BCUT2D eigenvalue weighted by Crippen LogP contribution is 2.27. The lowest BCUT2D eigenvalue weighted by atomic mass is 10.0. The number of benzene rings is 1. The summed E-state index contributed by atoms with van der Waals surface area (Å²) in [6.07, 6.45) is 1.85. The minimum Gasteiger partial charge on any atom is -0.398 e. The normalized spacial score (nSPS) is 19.9. The fourth-order valence-electron chi connectivity index (χ4n) is 2.26. The molecule has 1 fully saturated rings. The molecule has 0 unspecified atom stereocenters. The summed E-state index contributed by atoms with van der Waals surface area (Å²) >= 11 is 0. The van der Waals surface area contributed by atoms with Crippen LogP contribution in [0.25, 0.3) is 0 Å². The van der Waals surface area contributed by atoms with Gasteiger partial charge in [-0.05, 0) is 25.0 Å². The van der Waals surface area contributed by atoms with E-state index >= 15 is 0 Å². The number of carbonyl (C=O) groups excluding carboxylic acids is 1. The van der Waals surface area contributed by atoms with Crippen molar-refractivity contribution in [2.75, 3.05) is 23.7 Å². The third-order valence-corrected chi connectivity index (χ3v) is 3.18. The molecule has 2 rings (SSSR count). The molecule has 0 saturated carbocycles. The number of nitrogens with two attached hydrogens (primary N) is 3. The van der Waals surface area contributed by atoms with Gasteiger partial charge in [0.2, 0.25) is 0 Å². The van der Waals surface area contributed by atoms with Crippen LogP contribution in [0.2, 0.25) is 0 Å². The topological polar surface area (TPSA) is 98.4 Å². The highest BCUT2D eigenvalue weighted by atomic mass is 19.1. The van der Waals surface area contributed by atoms with Crippen LogP contribution in [-0.2, 0) is 0 Å². The lowest BCUT2D eigenvalue weighted by molar-refractivity contribution is 0.100. The van der Waals surface area contributed by atoms with Crippen LogP contribution < -0.4 is 22.1 Å². The summed E-state index contributed by atoms with van der Waals surface area (Å²) in [5, 5.41) is 0. The second-order valence-electron chi connectivity index (χ2n) is 4.60. The lowest BCUT2D eigenvalue weighted by Gasteiger charge is -2.33. The van der Waals surface area contributed by atoms with Crippen LogP contribution in [0.4, 0.5) is 15.8 Å². The number of hydrogen-bond donors (Lipinski definition) is 3. The molecule has 6 N–H and O–H groups in total. The van der Waals surface area contributed by atoms with Gasteiger partial charge in [-0.15, -0.1) is 0 Å². The number of piperidine rings is 1. The van der Waals surface area contributed by atoms with Crippen molar-refractivity contribution >= 4 is 17.3 Å². The molecule has 0 radical (unpaired) electrons. The van der Waals surface area contributed by atoms with Crippen LogP contribution >= 0.6 is 0 Å². The van der Waals surface area contributed by atoms with E-state index < -0.39 is 11.7 Å². The van der Waals surface area contributed by atoms with Crippen molar-refractivity contribution in [2.24, 2.45) is 11.5 Å². The quantitative estimate of drug-likeness (QED) is 0.665. The molecule has 6 heteroatoms. The van der Waals surface area contributed by atoms with E-state index in [1.807, 2.05) is 4.90 Å². The molecule has 0 aromatic heterocycles. The molecule has 1 atom stereocenters. The Morgan fingerprint density at radius 2 is 2.17 bits per heavy atom. The molecule has 1 amide bonds. The Balaban J connectivity index is 2.34. The molecule has 1 heterocycles. The lowest BCUT2D eigenvalue weighted by Crippen LogP contribution is -2.43. The third-order valence-electron chi connectivity index (χ3n) is 3.18. The molecule has 0 spiro atoms. The molecule has 1 saturated heterocycles. The first kappa shape index (κ1) is 12.6.